The molecule has 0 bridgehead atoms. The van der Waals surface area contributed by atoms with Crippen LogP contribution in [0.3, 0.4) is 0 Å². The van der Waals surface area contributed by atoms with Gasteiger partial charge in [0.1, 0.15) is 11.6 Å². The number of ether oxygens (including phenoxy) is 2. The van der Waals surface area contributed by atoms with Gasteiger partial charge in [-0.3, -0.25) is 4.79 Å². The summed E-state index contributed by atoms with van der Waals surface area (Å²) < 4.78 is 54.2. The van der Waals surface area contributed by atoms with Gasteiger partial charge in [0.25, 0.3) is 5.91 Å². The van der Waals surface area contributed by atoms with Gasteiger partial charge < -0.3 is 19.7 Å². The maximum Gasteiger partial charge on any atom is 0.272 e. The highest BCUT2D eigenvalue weighted by atomic mass is 19.2. The zero-order chi connectivity index (χ0) is 26.2. The summed E-state index contributed by atoms with van der Waals surface area (Å²) in [5, 5.41) is 4.21. The number of carbonyl (C=O) groups excluding carboxylic acids is 1. The molecule has 2 aliphatic heterocycles. The molecule has 1 saturated heterocycles. The summed E-state index contributed by atoms with van der Waals surface area (Å²) in [5.74, 6) is -2.93. The SMILES string of the molecule is O=C(NC1CCOc2ccccc21)c1ncc2c(-c3cc(F)cc(F)c3F)cccc2c1N1CCOCC1. The Morgan fingerprint density at radius 3 is 2.61 bits per heavy atom. The highest BCUT2D eigenvalue weighted by Crippen LogP contribution is 2.38. The second kappa shape index (κ2) is 9.98. The molecule has 0 aliphatic carbocycles. The lowest BCUT2D eigenvalue weighted by Crippen LogP contribution is -2.39. The third-order valence-corrected chi connectivity index (χ3v) is 7.00. The van der Waals surface area contributed by atoms with E-state index in [1.165, 1.54) is 6.20 Å². The second-order valence-corrected chi connectivity index (χ2v) is 9.27. The number of para-hydroxylation sites is 1. The largest absolute Gasteiger partial charge is 0.493 e. The van der Waals surface area contributed by atoms with Crippen LogP contribution in [0.15, 0.2) is 60.8 Å². The fourth-order valence-electron chi connectivity index (χ4n) is 5.21. The average molecular weight is 520 g/mol. The smallest absolute Gasteiger partial charge is 0.272 e. The molecule has 1 atom stereocenters. The van der Waals surface area contributed by atoms with E-state index in [-0.39, 0.29) is 28.8 Å². The summed E-state index contributed by atoms with van der Waals surface area (Å²) >= 11 is 0. The topological polar surface area (TPSA) is 63.7 Å². The van der Waals surface area contributed by atoms with Crippen LogP contribution in [-0.4, -0.2) is 43.8 Å². The number of aromatic nitrogens is 1. The standard InChI is InChI=1S/C29H24F3N3O3/c30-17-14-21(26(32)23(31)15-17)18-5-3-6-19-22(18)16-33-27(28(19)35-9-12-37-13-10-35)29(36)34-24-8-11-38-25-7-2-1-4-20(24)25/h1-7,14-16,24H,8-13H2,(H,34,36). The van der Waals surface area contributed by atoms with Crippen molar-refractivity contribution < 1.29 is 27.4 Å². The Labute approximate surface area is 217 Å². The van der Waals surface area contributed by atoms with Crippen molar-refractivity contribution in [1.29, 1.82) is 0 Å². The highest BCUT2D eigenvalue weighted by molar-refractivity contribution is 6.10. The molecular weight excluding hydrogens is 495 g/mol. The van der Waals surface area contributed by atoms with Crippen LogP contribution in [0.5, 0.6) is 5.75 Å². The summed E-state index contributed by atoms with van der Waals surface area (Å²) in [7, 11) is 0. The average Bonchev–Trinajstić information content (AvgIpc) is 2.94. The first-order chi connectivity index (χ1) is 18.5. The number of carbonyl (C=O) groups is 1. The van der Waals surface area contributed by atoms with E-state index in [2.05, 4.69) is 10.3 Å². The molecule has 3 heterocycles. The Kier molecular flexibility index (Phi) is 6.37. The van der Waals surface area contributed by atoms with E-state index in [9.17, 15) is 18.0 Å². The Balaban J connectivity index is 1.47. The van der Waals surface area contributed by atoms with Crippen LogP contribution in [0, 0.1) is 17.5 Å². The molecule has 1 N–H and O–H groups in total. The lowest BCUT2D eigenvalue weighted by atomic mass is 9.96. The van der Waals surface area contributed by atoms with Crippen LogP contribution in [0.4, 0.5) is 18.9 Å². The Morgan fingerprint density at radius 1 is 0.947 bits per heavy atom. The molecule has 1 aromatic heterocycles. The number of benzene rings is 3. The third-order valence-electron chi connectivity index (χ3n) is 7.00. The number of hydrogen-bond donors (Lipinski definition) is 1. The number of fused-ring (bicyclic) bond motifs is 2. The van der Waals surface area contributed by atoms with Crippen LogP contribution in [0.25, 0.3) is 21.9 Å². The first-order valence-corrected chi connectivity index (χ1v) is 12.4. The van der Waals surface area contributed by atoms with E-state index in [1.54, 1.807) is 18.2 Å². The first kappa shape index (κ1) is 24.2. The van der Waals surface area contributed by atoms with Gasteiger partial charge in [0.2, 0.25) is 0 Å². The molecule has 38 heavy (non-hydrogen) atoms. The minimum atomic E-state index is -1.27. The van der Waals surface area contributed by atoms with Crippen LogP contribution < -0.4 is 15.0 Å². The first-order valence-electron chi connectivity index (χ1n) is 12.4. The summed E-state index contributed by atoms with van der Waals surface area (Å²) in [4.78, 5) is 20.2. The van der Waals surface area contributed by atoms with Gasteiger partial charge in [0, 0.05) is 53.7 Å². The van der Waals surface area contributed by atoms with E-state index in [1.807, 2.05) is 29.2 Å². The fourth-order valence-corrected chi connectivity index (χ4v) is 5.21. The Bertz CT molecular complexity index is 1540. The number of halogens is 3. The van der Waals surface area contributed by atoms with Crippen LogP contribution >= 0.6 is 0 Å². The molecule has 2 aliphatic rings. The van der Waals surface area contributed by atoms with Crippen molar-refractivity contribution in [3.05, 3.63) is 89.5 Å². The molecule has 0 radical (unpaired) electrons. The molecule has 194 valence electrons. The molecule has 9 heteroatoms. The van der Waals surface area contributed by atoms with Crippen molar-refractivity contribution in [2.45, 2.75) is 12.5 Å². The lowest BCUT2D eigenvalue weighted by Gasteiger charge is -2.32. The molecule has 0 saturated carbocycles. The molecule has 6 nitrogen and oxygen atoms in total. The zero-order valence-electron chi connectivity index (χ0n) is 20.3. The predicted octanol–water partition coefficient (Wildman–Crippen LogP) is 5.41. The quantitative estimate of drug-likeness (QED) is 0.366. The van der Waals surface area contributed by atoms with E-state index >= 15 is 0 Å². The molecule has 1 amide bonds. The molecule has 1 unspecified atom stereocenters. The summed E-state index contributed by atoms with van der Waals surface area (Å²) in [6, 6.07) is 13.9. The number of morpholine rings is 1. The number of amides is 1. The van der Waals surface area contributed by atoms with Crippen molar-refractivity contribution in [3.63, 3.8) is 0 Å². The van der Waals surface area contributed by atoms with E-state index < -0.39 is 17.5 Å². The number of rotatable bonds is 4. The normalized spacial score (nSPS) is 17.1. The fraction of sp³-hybridized carbons (Fsp3) is 0.241. The molecule has 1 fully saturated rings. The van der Waals surface area contributed by atoms with Crippen LogP contribution in [-0.2, 0) is 4.74 Å². The van der Waals surface area contributed by atoms with Crippen molar-refractivity contribution >= 4 is 22.4 Å². The summed E-state index contributed by atoms with van der Waals surface area (Å²) in [5.41, 5.74) is 1.76. The van der Waals surface area contributed by atoms with Gasteiger partial charge >= 0.3 is 0 Å². The van der Waals surface area contributed by atoms with Gasteiger partial charge in [0.05, 0.1) is 31.5 Å². The molecular formula is C29H24F3N3O3. The number of hydrogen-bond acceptors (Lipinski definition) is 5. The van der Waals surface area contributed by atoms with E-state index in [4.69, 9.17) is 9.47 Å². The third kappa shape index (κ3) is 4.32. The van der Waals surface area contributed by atoms with Gasteiger partial charge in [0.15, 0.2) is 17.3 Å². The number of nitrogens with zero attached hydrogens (tertiary/aromatic N) is 2. The number of anilines is 1. The maximum atomic E-state index is 14.8. The number of nitrogens with one attached hydrogen (secondary N) is 1. The van der Waals surface area contributed by atoms with Gasteiger partial charge in [-0.05, 0) is 17.7 Å². The summed E-state index contributed by atoms with van der Waals surface area (Å²) in [6.07, 6.45) is 2.07. The van der Waals surface area contributed by atoms with Gasteiger partial charge in [-0.25, -0.2) is 18.2 Å². The molecule has 0 spiro atoms. The highest BCUT2D eigenvalue weighted by Gasteiger charge is 2.28. The van der Waals surface area contributed by atoms with E-state index in [0.29, 0.717) is 61.9 Å². The predicted molar refractivity (Wildman–Crippen MR) is 137 cm³/mol. The van der Waals surface area contributed by atoms with Crippen LogP contribution in [0.2, 0.25) is 0 Å². The van der Waals surface area contributed by atoms with Gasteiger partial charge in [-0.15, -0.1) is 0 Å². The van der Waals surface area contributed by atoms with E-state index in [0.717, 1.165) is 17.4 Å². The second-order valence-electron chi connectivity index (χ2n) is 9.27. The molecule has 3 aromatic carbocycles. The molecule has 4 aromatic rings. The minimum Gasteiger partial charge on any atom is -0.493 e. The summed E-state index contributed by atoms with van der Waals surface area (Å²) in [6.45, 7) is 2.45. The van der Waals surface area contributed by atoms with Crippen molar-refractivity contribution in [1.82, 2.24) is 10.3 Å². The number of pyridine rings is 1. The molecule has 6 rings (SSSR count). The Morgan fingerprint density at radius 2 is 1.76 bits per heavy atom. The zero-order valence-corrected chi connectivity index (χ0v) is 20.3. The van der Waals surface area contributed by atoms with Gasteiger partial charge in [-0.2, -0.15) is 0 Å². The van der Waals surface area contributed by atoms with Crippen molar-refractivity contribution in [2.75, 3.05) is 37.8 Å². The lowest BCUT2D eigenvalue weighted by molar-refractivity contribution is 0.0918. The van der Waals surface area contributed by atoms with Gasteiger partial charge in [-0.1, -0.05) is 36.4 Å². The maximum absolute atomic E-state index is 14.8. The van der Waals surface area contributed by atoms with Crippen LogP contribution in [0.1, 0.15) is 28.5 Å². The monoisotopic (exact) mass is 519 g/mol. The minimum absolute atomic E-state index is 0.209. The Hall–Kier alpha value is -4.11. The van der Waals surface area contributed by atoms with Crippen molar-refractivity contribution in [2.24, 2.45) is 0 Å². The van der Waals surface area contributed by atoms with Crippen molar-refractivity contribution in [3.8, 4) is 16.9 Å².